The summed E-state index contributed by atoms with van der Waals surface area (Å²) in [6.45, 7) is 3.75. The van der Waals surface area contributed by atoms with Crippen LogP contribution in [0, 0.1) is 10.1 Å². The first-order valence-electron chi connectivity index (χ1n) is 6.96. The zero-order valence-electron chi connectivity index (χ0n) is 11.2. The van der Waals surface area contributed by atoms with E-state index in [0.717, 1.165) is 5.69 Å². The average molecular weight is 296 g/mol. The van der Waals surface area contributed by atoms with Gasteiger partial charge in [-0.1, -0.05) is 0 Å². The third-order valence-corrected chi connectivity index (χ3v) is 8.20. The molecule has 0 saturated carbocycles. The van der Waals surface area contributed by atoms with Gasteiger partial charge < -0.3 is 0 Å². The van der Waals surface area contributed by atoms with Crippen LogP contribution in [0.2, 0.25) is 0 Å². The second kappa shape index (κ2) is 4.36. The van der Waals surface area contributed by atoms with Crippen LogP contribution in [0.3, 0.4) is 0 Å². The Morgan fingerprint density at radius 1 is 1.00 bits per heavy atom. The summed E-state index contributed by atoms with van der Waals surface area (Å²) >= 11 is 0. The molecule has 4 aliphatic heterocycles. The predicted molar refractivity (Wildman–Crippen MR) is 74.2 cm³/mol. The molecule has 4 saturated heterocycles. The quantitative estimate of drug-likeness (QED) is 0.331. The Labute approximate surface area is 117 Å². The summed E-state index contributed by atoms with van der Waals surface area (Å²) in [6.07, 6.45) is 3.66. The number of quaternary nitrogens is 3. The molecule has 1 aromatic carbocycles. The fraction of sp³-hybridized carbons (Fsp3) is 0.500. The standard InChI is InChI=1S/C12H16N5O2P/c18-17(19)12-3-1-11(2-4-12)13-20-8-14-5-15(9-20)7-16(6-14)10-20/h1-4H,5-10H2/p+3. The van der Waals surface area contributed by atoms with Crippen molar-refractivity contribution < 1.29 is 19.6 Å². The second-order valence-electron chi connectivity index (χ2n) is 6.22. The molecule has 0 aliphatic carbocycles. The maximum atomic E-state index is 10.7. The molecule has 4 fully saturated rings. The van der Waals surface area contributed by atoms with Crippen LogP contribution in [0.15, 0.2) is 29.0 Å². The highest BCUT2D eigenvalue weighted by Gasteiger charge is 2.52. The van der Waals surface area contributed by atoms with Crippen molar-refractivity contribution in [2.75, 3.05) is 38.9 Å². The van der Waals surface area contributed by atoms with Gasteiger partial charge in [0.05, 0.1) is 10.6 Å². The van der Waals surface area contributed by atoms with Gasteiger partial charge in [-0.25, -0.2) is 14.7 Å². The topological polar surface area (TPSA) is 68.8 Å². The maximum Gasteiger partial charge on any atom is 0.269 e. The van der Waals surface area contributed by atoms with E-state index in [4.69, 9.17) is 4.74 Å². The van der Waals surface area contributed by atoms with E-state index in [-0.39, 0.29) is 10.6 Å². The molecular weight excluding hydrogens is 277 g/mol. The molecule has 0 amide bonds. The Kier molecular flexibility index (Phi) is 2.72. The van der Waals surface area contributed by atoms with Gasteiger partial charge in [0.15, 0.2) is 0 Å². The van der Waals surface area contributed by atoms with Crippen LogP contribution in [0.25, 0.3) is 0 Å². The third kappa shape index (κ3) is 2.07. The van der Waals surface area contributed by atoms with Gasteiger partial charge in [-0.05, 0) is 12.1 Å². The minimum Gasteiger partial charge on any atom is -0.258 e. The van der Waals surface area contributed by atoms with Crippen molar-refractivity contribution in [3.8, 4) is 0 Å². The molecular formula is C12H19N5O2P+3. The van der Waals surface area contributed by atoms with Crippen molar-refractivity contribution >= 4 is 18.4 Å². The van der Waals surface area contributed by atoms with Gasteiger partial charge in [0.2, 0.25) is 20.0 Å². The monoisotopic (exact) mass is 296 g/mol. The van der Waals surface area contributed by atoms with Crippen LogP contribution >= 0.6 is 7.05 Å². The first-order valence-corrected chi connectivity index (χ1v) is 9.26. The number of rotatable bonds is 2. The highest BCUT2D eigenvalue weighted by Crippen LogP contribution is 2.48. The lowest BCUT2D eigenvalue weighted by Crippen LogP contribution is -3.53. The Hall–Kier alpha value is -1.27. The lowest BCUT2D eigenvalue weighted by atomic mass is 10.3. The normalized spacial score (nSPS) is 37.9. The van der Waals surface area contributed by atoms with E-state index in [9.17, 15) is 10.1 Å². The summed E-state index contributed by atoms with van der Waals surface area (Å²) in [5.41, 5.74) is 1.07. The van der Waals surface area contributed by atoms with Gasteiger partial charge in [0.25, 0.3) is 5.69 Å². The van der Waals surface area contributed by atoms with Crippen LogP contribution in [-0.4, -0.2) is 43.8 Å². The maximum absolute atomic E-state index is 10.7. The average Bonchev–Trinajstić information content (AvgIpc) is 2.37. The molecule has 4 bridgehead atoms. The van der Waals surface area contributed by atoms with E-state index >= 15 is 0 Å². The Morgan fingerprint density at radius 3 is 1.95 bits per heavy atom. The first-order chi connectivity index (χ1) is 9.62. The van der Waals surface area contributed by atoms with E-state index in [0.29, 0.717) is 0 Å². The smallest absolute Gasteiger partial charge is 0.258 e. The van der Waals surface area contributed by atoms with Crippen LogP contribution < -0.4 is 14.7 Å². The molecule has 8 heteroatoms. The van der Waals surface area contributed by atoms with E-state index in [1.807, 2.05) is 0 Å². The van der Waals surface area contributed by atoms with Gasteiger partial charge in [-0.3, -0.25) is 14.9 Å². The molecule has 3 N–H and O–H groups in total. The SMILES string of the molecule is O=[N+]([O-])c1ccc(N=P23C[NH+]4C[NH+](C[NH+](C4)C2)C3)cc1. The van der Waals surface area contributed by atoms with E-state index in [2.05, 4.69) is 0 Å². The number of non-ortho nitro benzene ring substituents is 1. The molecule has 0 atom stereocenters. The molecule has 0 spiro atoms. The Morgan fingerprint density at radius 2 is 1.50 bits per heavy atom. The Bertz CT molecular complexity index is 573. The zero-order valence-corrected chi connectivity index (χ0v) is 12.1. The van der Waals surface area contributed by atoms with Crippen molar-refractivity contribution in [1.29, 1.82) is 0 Å². The van der Waals surface area contributed by atoms with E-state index < -0.39 is 7.05 Å². The van der Waals surface area contributed by atoms with Crippen molar-refractivity contribution in [3.05, 3.63) is 34.4 Å². The minimum absolute atomic E-state index is 0.144. The molecule has 4 heterocycles. The zero-order chi connectivity index (χ0) is 13.7. The van der Waals surface area contributed by atoms with Gasteiger partial charge in [0.1, 0.15) is 25.9 Å². The third-order valence-electron chi connectivity index (χ3n) is 4.44. The second-order valence-corrected chi connectivity index (χ2v) is 9.56. The number of benzene rings is 1. The highest BCUT2D eigenvalue weighted by molar-refractivity contribution is 7.65. The Balaban J connectivity index is 1.67. The van der Waals surface area contributed by atoms with Gasteiger partial charge in [0, 0.05) is 12.1 Å². The van der Waals surface area contributed by atoms with Crippen molar-refractivity contribution in [3.63, 3.8) is 0 Å². The predicted octanol–water partition coefficient (Wildman–Crippen LogP) is -2.13. The van der Waals surface area contributed by atoms with Crippen LogP contribution in [-0.2, 0) is 0 Å². The number of nitro benzene ring substituents is 1. The molecule has 0 unspecified atom stereocenters. The molecule has 5 rings (SSSR count). The lowest BCUT2D eigenvalue weighted by molar-refractivity contribution is -1.27. The number of nitrogens with one attached hydrogen (secondary N) is 3. The molecule has 0 aromatic heterocycles. The van der Waals surface area contributed by atoms with Crippen LogP contribution in [0.1, 0.15) is 0 Å². The summed E-state index contributed by atoms with van der Waals surface area (Å²) in [5, 5.41) is 10.7. The number of nitrogens with zero attached hydrogens (tertiary/aromatic N) is 2. The number of hydrogen-bond acceptors (Lipinski definition) is 3. The summed E-state index contributed by atoms with van der Waals surface area (Å²) < 4.78 is 5.08. The van der Waals surface area contributed by atoms with Crippen molar-refractivity contribution in [2.24, 2.45) is 4.74 Å². The van der Waals surface area contributed by atoms with Gasteiger partial charge in [-0.15, -0.1) is 0 Å². The number of nitro groups is 1. The lowest BCUT2D eigenvalue weighted by Gasteiger charge is -2.48. The minimum atomic E-state index is -1.26. The summed E-state index contributed by atoms with van der Waals surface area (Å²) in [4.78, 5) is 15.4. The van der Waals surface area contributed by atoms with Crippen LogP contribution in [0.4, 0.5) is 11.4 Å². The fourth-order valence-corrected chi connectivity index (χ4v) is 8.33. The van der Waals surface area contributed by atoms with Gasteiger partial charge >= 0.3 is 0 Å². The summed E-state index contributed by atoms with van der Waals surface area (Å²) in [7, 11) is -1.26. The van der Waals surface area contributed by atoms with E-state index in [1.165, 1.54) is 38.9 Å². The highest BCUT2D eigenvalue weighted by atomic mass is 31.2. The number of hydrogen-bond donors (Lipinski definition) is 3. The summed E-state index contributed by atoms with van der Waals surface area (Å²) in [6, 6.07) is 6.74. The molecule has 106 valence electrons. The molecule has 0 radical (unpaired) electrons. The molecule has 1 aromatic rings. The fourth-order valence-electron chi connectivity index (χ4n) is 3.99. The van der Waals surface area contributed by atoms with Crippen LogP contribution in [0.5, 0.6) is 0 Å². The largest absolute Gasteiger partial charge is 0.269 e. The molecule has 7 nitrogen and oxygen atoms in total. The van der Waals surface area contributed by atoms with Gasteiger partial charge in [-0.2, -0.15) is 0 Å². The molecule has 20 heavy (non-hydrogen) atoms. The summed E-state index contributed by atoms with van der Waals surface area (Å²) in [5.74, 6) is 0. The molecule has 4 aliphatic rings. The van der Waals surface area contributed by atoms with Crippen molar-refractivity contribution in [2.45, 2.75) is 0 Å². The van der Waals surface area contributed by atoms with E-state index in [1.54, 1.807) is 39.0 Å². The first kappa shape index (κ1) is 12.5. The van der Waals surface area contributed by atoms with Crippen molar-refractivity contribution in [1.82, 2.24) is 0 Å².